The molecule has 1 amide bonds. The number of para-hydroxylation sites is 1. The van der Waals surface area contributed by atoms with Crippen LogP contribution in [0.25, 0.3) is 10.2 Å². The molecule has 0 aliphatic rings. The van der Waals surface area contributed by atoms with Crippen molar-refractivity contribution in [3.63, 3.8) is 0 Å². The van der Waals surface area contributed by atoms with Gasteiger partial charge in [0, 0.05) is 25.1 Å². The first kappa shape index (κ1) is 20.0. The number of aromatic nitrogens is 3. The molecule has 2 aromatic heterocycles. The lowest BCUT2D eigenvalue weighted by atomic mass is 10.1. The summed E-state index contributed by atoms with van der Waals surface area (Å²) >= 11 is 1.72. The minimum Gasteiger partial charge on any atom is -0.356 e. The third-order valence-electron chi connectivity index (χ3n) is 4.80. The minimum absolute atomic E-state index is 0.0628. The summed E-state index contributed by atoms with van der Waals surface area (Å²) in [6, 6.07) is 10.3. The lowest BCUT2D eigenvalue weighted by Crippen LogP contribution is -2.25. The molecule has 1 N–H and O–H groups in total. The van der Waals surface area contributed by atoms with Crippen molar-refractivity contribution in [3.05, 3.63) is 46.2 Å². The second kappa shape index (κ2) is 9.47. The van der Waals surface area contributed by atoms with E-state index in [9.17, 15) is 4.79 Å². The number of benzene rings is 1. The van der Waals surface area contributed by atoms with E-state index in [1.165, 1.54) is 4.70 Å². The number of nitrogens with one attached hydrogen (secondary N) is 1. The zero-order chi connectivity index (χ0) is 19.9. The van der Waals surface area contributed by atoms with Gasteiger partial charge < -0.3 is 5.32 Å². The number of fused-ring (bicyclic) bond motifs is 1. The van der Waals surface area contributed by atoms with E-state index in [0.29, 0.717) is 32.4 Å². The molecule has 146 valence electrons. The molecular weight excluding hydrogens is 370 g/mol. The number of carbonyl (C=O) groups is 1. The normalized spacial score (nSPS) is 10.9. The highest BCUT2D eigenvalue weighted by atomic mass is 32.1. The molecule has 28 heavy (non-hydrogen) atoms. The fourth-order valence-corrected chi connectivity index (χ4v) is 4.30. The van der Waals surface area contributed by atoms with Gasteiger partial charge in [0.1, 0.15) is 0 Å². The number of hydrogen-bond acceptors (Lipinski definition) is 5. The molecule has 1 aromatic carbocycles. The summed E-state index contributed by atoms with van der Waals surface area (Å²) < 4.78 is 3.08. The van der Waals surface area contributed by atoms with Crippen LogP contribution in [0.2, 0.25) is 0 Å². The van der Waals surface area contributed by atoms with E-state index < -0.39 is 0 Å². The fraction of sp³-hybridized carbons (Fsp3) is 0.429. The fourth-order valence-electron chi connectivity index (χ4n) is 3.29. The first-order valence-corrected chi connectivity index (χ1v) is 10.4. The summed E-state index contributed by atoms with van der Waals surface area (Å²) in [5.74, 6) is 0.0628. The summed E-state index contributed by atoms with van der Waals surface area (Å²) in [6.45, 7) is 5.22. The number of aryl methyl sites for hydroxylation is 3. The Kier molecular flexibility index (Phi) is 6.77. The van der Waals surface area contributed by atoms with Gasteiger partial charge in [-0.2, -0.15) is 10.4 Å². The first-order valence-electron chi connectivity index (χ1n) is 9.59. The third-order valence-corrected chi connectivity index (χ3v) is 5.89. The quantitative estimate of drug-likeness (QED) is 0.560. The molecule has 0 saturated heterocycles. The average Bonchev–Trinajstić information content (AvgIpc) is 3.22. The first-order chi connectivity index (χ1) is 13.6. The molecule has 6 nitrogen and oxygen atoms in total. The van der Waals surface area contributed by atoms with E-state index in [4.69, 9.17) is 5.26 Å². The Morgan fingerprint density at radius 2 is 2.11 bits per heavy atom. The molecule has 3 aromatic rings. The van der Waals surface area contributed by atoms with Crippen LogP contribution in [0.5, 0.6) is 0 Å². The Morgan fingerprint density at radius 3 is 2.89 bits per heavy atom. The highest BCUT2D eigenvalue weighted by Gasteiger charge is 2.13. The van der Waals surface area contributed by atoms with E-state index >= 15 is 0 Å². The van der Waals surface area contributed by atoms with Gasteiger partial charge in [-0.15, -0.1) is 11.3 Å². The molecule has 0 aliphatic carbocycles. The van der Waals surface area contributed by atoms with Crippen molar-refractivity contribution in [1.82, 2.24) is 20.1 Å². The summed E-state index contributed by atoms with van der Waals surface area (Å²) in [6.07, 6.45) is 3.33. The predicted molar refractivity (Wildman–Crippen MR) is 111 cm³/mol. The molecule has 0 aliphatic heterocycles. The van der Waals surface area contributed by atoms with Crippen molar-refractivity contribution in [1.29, 1.82) is 5.26 Å². The number of nitrogens with zero attached hydrogens (tertiary/aromatic N) is 4. The van der Waals surface area contributed by atoms with Crippen molar-refractivity contribution in [2.45, 2.75) is 52.5 Å². The standard InChI is InChI=1S/C21H25N5OS/c1-15-17(16(2)26(25-15)14-6-12-22)10-11-20(27)23-13-5-9-21-24-18-7-3-4-8-19(18)28-21/h3-4,7-8H,5-6,9-11,13-14H2,1-2H3,(H,23,27). The molecule has 0 saturated carbocycles. The third kappa shape index (κ3) is 4.96. The van der Waals surface area contributed by atoms with E-state index in [1.54, 1.807) is 11.3 Å². The Hall–Kier alpha value is -2.72. The van der Waals surface area contributed by atoms with Gasteiger partial charge in [-0.3, -0.25) is 9.48 Å². The van der Waals surface area contributed by atoms with Gasteiger partial charge in [0.15, 0.2) is 0 Å². The lowest BCUT2D eigenvalue weighted by molar-refractivity contribution is -0.121. The van der Waals surface area contributed by atoms with E-state index in [0.717, 1.165) is 40.3 Å². The van der Waals surface area contributed by atoms with E-state index in [1.807, 2.05) is 36.7 Å². The van der Waals surface area contributed by atoms with Crippen molar-refractivity contribution < 1.29 is 4.79 Å². The van der Waals surface area contributed by atoms with Crippen LogP contribution in [0.15, 0.2) is 24.3 Å². The maximum Gasteiger partial charge on any atom is 0.220 e. The highest BCUT2D eigenvalue weighted by Crippen LogP contribution is 2.22. The van der Waals surface area contributed by atoms with Crippen LogP contribution in [0, 0.1) is 25.2 Å². The second-order valence-corrected chi connectivity index (χ2v) is 7.92. The summed E-state index contributed by atoms with van der Waals surface area (Å²) in [7, 11) is 0. The van der Waals surface area contributed by atoms with Crippen molar-refractivity contribution in [3.8, 4) is 6.07 Å². The number of rotatable bonds is 9. The lowest BCUT2D eigenvalue weighted by Gasteiger charge is -2.06. The van der Waals surface area contributed by atoms with Gasteiger partial charge in [-0.25, -0.2) is 4.98 Å². The van der Waals surface area contributed by atoms with Gasteiger partial charge >= 0.3 is 0 Å². The van der Waals surface area contributed by atoms with Gasteiger partial charge in [0.05, 0.1) is 40.0 Å². The Morgan fingerprint density at radius 1 is 1.29 bits per heavy atom. The number of hydrogen-bond donors (Lipinski definition) is 1. The van der Waals surface area contributed by atoms with Crippen LogP contribution in [0.1, 0.15) is 41.2 Å². The SMILES string of the molecule is Cc1nn(CCC#N)c(C)c1CCC(=O)NCCCc1nc2ccccc2s1. The minimum atomic E-state index is 0.0628. The highest BCUT2D eigenvalue weighted by molar-refractivity contribution is 7.18. The Bertz CT molecular complexity index is 965. The van der Waals surface area contributed by atoms with E-state index in [2.05, 4.69) is 27.5 Å². The number of carbonyl (C=O) groups excluding carboxylic acids is 1. The number of thiazole rings is 1. The van der Waals surface area contributed by atoms with Gasteiger partial charge in [-0.05, 0) is 44.4 Å². The molecule has 0 spiro atoms. The van der Waals surface area contributed by atoms with Gasteiger partial charge in [0.25, 0.3) is 0 Å². The van der Waals surface area contributed by atoms with Gasteiger partial charge in [0.2, 0.25) is 5.91 Å². The smallest absolute Gasteiger partial charge is 0.220 e. The summed E-state index contributed by atoms with van der Waals surface area (Å²) in [5, 5.41) is 17.3. The van der Waals surface area contributed by atoms with E-state index in [-0.39, 0.29) is 5.91 Å². The van der Waals surface area contributed by atoms with Crippen molar-refractivity contribution in [2.75, 3.05) is 6.54 Å². The Labute approximate surface area is 169 Å². The zero-order valence-electron chi connectivity index (χ0n) is 16.4. The van der Waals surface area contributed by atoms with Crippen molar-refractivity contribution >= 4 is 27.5 Å². The Balaban J connectivity index is 1.41. The maximum atomic E-state index is 12.2. The molecule has 0 bridgehead atoms. The topological polar surface area (TPSA) is 83.6 Å². The molecule has 0 unspecified atom stereocenters. The zero-order valence-corrected chi connectivity index (χ0v) is 17.2. The van der Waals surface area contributed by atoms with Crippen LogP contribution < -0.4 is 5.32 Å². The molecule has 0 radical (unpaired) electrons. The van der Waals surface area contributed by atoms with Crippen LogP contribution in [-0.2, 0) is 24.2 Å². The predicted octanol–water partition coefficient (Wildman–Crippen LogP) is 3.70. The molecule has 0 atom stereocenters. The monoisotopic (exact) mass is 395 g/mol. The van der Waals surface area contributed by atoms with Gasteiger partial charge in [-0.1, -0.05) is 12.1 Å². The number of nitriles is 1. The second-order valence-electron chi connectivity index (χ2n) is 6.81. The molecule has 3 rings (SSSR count). The number of amides is 1. The molecule has 0 fully saturated rings. The van der Waals surface area contributed by atoms with Crippen LogP contribution in [0.3, 0.4) is 0 Å². The summed E-state index contributed by atoms with van der Waals surface area (Å²) in [4.78, 5) is 16.8. The van der Waals surface area contributed by atoms with Crippen molar-refractivity contribution in [2.24, 2.45) is 0 Å². The molecule has 7 heteroatoms. The van der Waals surface area contributed by atoms with Crippen LogP contribution in [-0.4, -0.2) is 27.2 Å². The van der Waals surface area contributed by atoms with Crippen LogP contribution in [0.4, 0.5) is 0 Å². The molecular formula is C21H25N5OS. The maximum absolute atomic E-state index is 12.2. The largest absolute Gasteiger partial charge is 0.356 e. The average molecular weight is 396 g/mol. The summed E-state index contributed by atoms with van der Waals surface area (Å²) in [5.41, 5.74) is 4.16. The molecule has 2 heterocycles. The van der Waals surface area contributed by atoms with Crippen LogP contribution >= 0.6 is 11.3 Å².